The van der Waals surface area contributed by atoms with Gasteiger partial charge in [0.05, 0.1) is 5.92 Å². The number of hydrogen-bond acceptors (Lipinski definition) is 3. The Morgan fingerprint density at radius 1 is 1.22 bits per heavy atom. The fourth-order valence-electron chi connectivity index (χ4n) is 3.05. The van der Waals surface area contributed by atoms with Crippen molar-refractivity contribution in [3.63, 3.8) is 0 Å². The van der Waals surface area contributed by atoms with E-state index in [1.165, 1.54) is 0 Å². The summed E-state index contributed by atoms with van der Waals surface area (Å²) in [7, 11) is 0. The predicted molar refractivity (Wildman–Crippen MR) is 65.1 cm³/mol. The fourth-order valence-corrected chi connectivity index (χ4v) is 3.05. The molecule has 2 saturated carbocycles. The van der Waals surface area contributed by atoms with E-state index < -0.39 is 17.7 Å². The molecule has 2 rings (SSSR count). The van der Waals surface area contributed by atoms with Gasteiger partial charge in [0, 0.05) is 6.04 Å². The molecule has 0 aliphatic heterocycles. The van der Waals surface area contributed by atoms with Crippen LogP contribution < -0.4 is 5.32 Å². The van der Waals surface area contributed by atoms with Crippen molar-refractivity contribution in [3.05, 3.63) is 0 Å². The normalized spacial score (nSPS) is 34.4. The quantitative estimate of drug-likeness (QED) is 0.791. The van der Waals surface area contributed by atoms with Crippen LogP contribution >= 0.6 is 0 Å². The highest BCUT2D eigenvalue weighted by molar-refractivity contribution is 5.71. The van der Waals surface area contributed by atoms with Crippen LogP contribution in [0.15, 0.2) is 0 Å². The monoisotopic (exact) mass is 255 g/mol. The highest BCUT2D eigenvalue weighted by Gasteiger charge is 2.50. The van der Waals surface area contributed by atoms with Crippen LogP contribution in [0.4, 0.5) is 4.79 Å². The summed E-state index contributed by atoms with van der Waals surface area (Å²) in [4.78, 5) is 22.5. The predicted octanol–water partition coefficient (Wildman–Crippen LogP) is 2.01. The first-order valence-corrected chi connectivity index (χ1v) is 6.48. The van der Waals surface area contributed by atoms with Gasteiger partial charge in [0.1, 0.15) is 5.60 Å². The van der Waals surface area contributed by atoms with Crippen LogP contribution in [0.5, 0.6) is 0 Å². The molecule has 18 heavy (non-hydrogen) atoms. The Hall–Kier alpha value is -1.26. The first kappa shape index (κ1) is 13.2. The van der Waals surface area contributed by atoms with Gasteiger partial charge in [0.15, 0.2) is 0 Å². The lowest BCUT2D eigenvalue weighted by Gasteiger charge is -2.40. The summed E-state index contributed by atoms with van der Waals surface area (Å²) in [6, 6.07) is 0.0919. The van der Waals surface area contributed by atoms with Crippen molar-refractivity contribution in [1.29, 1.82) is 0 Å². The third kappa shape index (κ3) is 2.76. The summed E-state index contributed by atoms with van der Waals surface area (Å²) in [5.74, 6) is -0.157. The molecule has 2 aliphatic rings. The number of amides is 1. The molecule has 0 bridgehead atoms. The number of hydrogen-bond donors (Lipinski definition) is 2. The number of carboxylic acid groups (broad SMARTS) is 1. The summed E-state index contributed by atoms with van der Waals surface area (Å²) < 4.78 is 5.20. The van der Waals surface area contributed by atoms with Crippen molar-refractivity contribution in [2.45, 2.75) is 51.7 Å². The lowest BCUT2D eigenvalue weighted by atomic mass is 9.71. The van der Waals surface area contributed by atoms with Gasteiger partial charge in [-0.3, -0.25) is 4.79 Å². The van der Waals surface area contributed by atoms with Gasteiger partial charge >= 0.3 is 12.1 Å². The van der Waals surface area contributed by atoms with Gasteiger partial charge in [-0.1, -0.05) is 0 Å². The number of aliphatic carboxylic acids is 1. The van der Waals surface area contributed by atoms with E-state index in [1.807, 2.05) is 20.8 Å². The number of fused-ring (bicyclic) bond motifs is 1. The molecular formula is C13H21NO4. The summed E-state index contributed by atoms with van der Waals surface area (Å²) in [5, 5.41) is 11.8. The number of alkyl carbamates (subject to hydrolysis) is 1. The largest absolute Gasteiger partial charge is 0.481 e. The first-order chi connectivity index (χ1) is 8.26. The smallest absolute Gasteiger partial charge is 0.407 e. The molecule has 102 valence electrons. The second-order valence-electron chi connectivity index (χ2n) is 6.42. The average Bonchev–Trinajstić information content (AvgIpc) is 2.50. The maximum absolute atomic E-state index is 11.6. The summed E-state index contributed by atoms with van der Waals surface area (Å²) in [6.45, 7) is 5.48. The lowest BCUT2D eigenvalue weighted by Crippen LogP contribution is -2.51. The molecule has 0 radical (unpaired) electrons. The minimum atomic E-state index is -0.708. The Balaban J connectivity index is 1.81. The topological polar surface area (TPSA) is 75.6 Å². The minimum absolute atomic E-state index is 0.0919. The molecule has 5 nitrogen and oxygen atoms in total. The number of rotatable bonds is 2. The Morgan fingerprint density at radius 3 is 2.44 bits per heavy atom. The molecule has 0 heterocycles. The average molecular weight is 255 g/mol. The lowest BCUT2D eigenvalue weighted by molar-refractivity contribution is -0.141. The number of carbonyl (C=O) groups is 2. The standard InChI is InChI=1S/C13H21NO4/c1-13(2,3)18-12(17)14-10-6-7-4-8(11(15)16)5-9(7)10/h7-10H,4-6H2,1-3H3,(H,14,17)(H,15,16)/t7-,8+,9-,10-/m1/s1. The first-order valence-electron chi connectivity index (χ1n) is 6.48. The highest BCUT2D eigenvalue weighted by atomic mass is 16.6. The van der Waals surface area contributed by atoms with Crippen molar-refractivity contribution in [2.24, 2.45) is 17.8 Å². The number of carboxylic acids is 1. The van der Waals surface area contributed by atoms with Crippen LogP contribution in [0.25, 0.3) is 0 Å². The van der Waals surface area contributed by atoms with Crippen molar-refractivity contribution in [3.8, 4) is 0 Å². The molecule has 0 aromatic carbocycles. The number of ether oxygens (including phenoxy) is 1. The third-order valence-corrected chi connectivity index (χ3v) is 3.87. The van der Waals surface area contributed by atoms with Gasteiger partial charge in [-0.15, -0.1) is 0 Å². The molecule has 0 aromatic rings. The molecular weight excluding hydrogens is 234 g/mol. The molecule has 5 heteroatoms. The molecule has 4 atom stereocenters. The van der Waals surface area contributed by atoms with Gasteiger partial charge in [-0.25, -0.2) is 4.79 Å². The molecule has 1 amide bonds. The van der Waals surface area contributed by atoms with Crippen molar-refractivity contribution in [2.75, 3.05) is 0 Å². The van der Waals surface area contributed by atoms with Gasteiger partial charge in [-0.05, 0) is 51.9 Å². The SMILES string of the molecule is CC(C)(C)OC(=O)N[C@@H]1C[C@H]2C[C@H](C(=O)O)C[C@H]21. The highest BCUT2D eigenvalue weighted by Crippen LogP contribution is 2.49. The maximum Gasteiger partial charge on any atom is 0.407 e. The fraction of sp³-hybridized carbons (Fsp3) is 0.846. The molecule has 2 N–H and O–H groups in total. The van der Waals surface area contributed by atoms with E-state index in [-0.39, 0.29) is 12.0 Å². The zero-order chi connectivity index (χ0) is 13.5. The Kier molecular flexibility index (Phi) is 3.25. The molecule has 0 unspecified atom stereocenters. The van der Waals surface area contributed by atoms with E-state index in [4.69, 9.17) is 9.84 Å². The van der Waals surface area contributed by atoms with E-state index in [0.29, 0.717) is 18.3 Å². The zero-order valence-electron chi connectivity index (χ0n) is 11.1. The van der Waals surface area contributed by atoms with Crippen molar-refractivity contribution >= 4 is 12.1 Å². The van der Waals surface area contributed by atoms with Crippen LogP contribution in [0.1, 0.15) is 40.0 Å². The van der Waals surface area contributed by atoms with Crippen LogP contribution in [-0.2, 0) is 9.53 Å². The molecule has 2 fully saturated rings. The Labute approximate surface area is 107 Å². The van der Waals surface area contributed by atoms with Crippen LogP contribution in [0, 0.1) is 17.8 Å². The van der Waals surface area contributed by atoms with Crippen LogP contribution in [0.3, 0.4) is 0 Å². The van der Waals surface area contributed by atoms with Gasteiger partial charge in [-0.2, -0.15) is 0 Å². The third-order valence-electron chi connectivity index (χ3n) is 3.87. The second-order valence-corrected chi connectivity index (χ2v) is 6.42. The number of nitrogens with one attached hydrogen (secondary N) is 1. The van der Waals surface area contributed by atoms with E-state index in [9.17, 15) is 9.59 Å². The van der Waals surface area contributed by atoms with E-state index in [1.54, 1.807) is 0 Å². The second kappa shape index (κ2) is 4.44. The molecule has 2 aliphatic carbocycles. The molecule has 0 saturated heterocycles. The summed E-state index contributed by atoms with van der Waals surface area (Å²) >= 11 is 0. The van der Waals surface area contributed by atoms with E-state index in [2.05, 4.69) is 5.32 Å². The Bertz CT molecular complexity index is 360. The summed E-state index contributed by atoms with van der Waals surface area (Å²) in [5.41, 5.74) is -0.494. The maximum atomic E-state index is 11.6. The van der Waals surface area contributed by atoms with Crippen molar-refractivity contribution in [1.82, 2.24) is 5.32 Å². The van der Waals surface area contributed by atoms with Crippen molar-refractivity contribution < 1.29 is 19.4 Å². The molecule has 0 aromatic heterocycles. The van der Waals surface area contributed by atoms with Gasteiger partial charge in [0.2, 0.25) is 0 Å². The van der Waals surface area contributed by atoms with Gasteiger partial charge < -0.3 is 15.2 Å². The summed E-state index contributed by atoms with van der Waals surface area (Å²) in [6.07, 6.45) is 1.92. The minimum Gasteiger partial charge on any atom is -0.481 e. The molecule has 0 spiro atoms. The zero-order valence-corrected chi connectivity index (χ0v) is 11.1. The van der Waals surface area contributed by atoms with Gasteiger partial charge in [0.25, 0.3) is 0 Å². The van der Waals surface area contributed by atoms with E-state index in [0.717, 1.165) is 12.8 Å². The van der Waals surface area contributed by atoms with Crippen LogP contribution in [0.2, 0.25) is 0 Å². The van der Waals surface area contributed by atoms with Crippen LogP contribution in [-0.4, -0.2) is 28.8 Å². The number of carbonyl (C=O) groups excluding carboxylic acids is 1. The Morgan fingerprint density at radius 2 is 1.89 bits per heavy atom. The van der Waals surface area contributed by atoms with E-state index >= 15 is 0 Å².